The second kappa shape index (κ2) is 7.98. The molecule has 0 aromatic carbocycles. The lowest BCUT2D eigenvalue weighted by Gasteiger charge is -2.19. The van der Waals surface area contributed by atoms with Crippen LogP contribution in [0.5, 0.6) is 0 Å². The number of aliphatic carboxylic acids is 1. The number of nitrogens with two attached hydrogens (primary N) is 1. The zero-order valence-electron chi connectivity index (χ0n) is 13.3. The summed E-state index contributed by atoms with van der Waals surface area (Å²) in [6.45, 7) is 4.38. The van der Waals surface area contributed by atoms with Gasteiger partial charge in [0.1, 0.15) is 5.69 Å². The van der Waals surface area contributed by atoms with Gasteiger partial charge in [0.25, 0.3) is 0 Å². The first-order valence-corrected chi connectivity index (χ1v) is 7.75. The lowest BCUT2D eigenvalue weighted by Crippen LogP contribution is -2.31. The molecule has 130 valence electrons. The lowest BCUT2D eigenvalue weighted by atomic mass is 9.80. The fraction of sp³-hybridized carbons (Fsp3) is 0.500. The Bertz CT molecular complexity index is 618. The number of nitrogens with one attached hydrogen (secondary N) is 1. The molecule has 0 radical (unpaired) electrons. The highest BCUT2D eigenvalue weighted by Gasteiger charge is 2.39. The lowest BCUT2D eigenvalue weighted by molar-refractivity contribution is -0.142. The van der Waals surface area contributed by atoms with Crippen molar-refractivity contribution < 1.29 is 19.9 Å². The smallest absolute Gasteiger partial charge is 0.451 e. The van der Waals surface area contributed by atoms with Gasteiger partial charge in [0.05, 0.1) is 12.2 Å². The van der Waals surface area contributed by atoms with Crippen LogP contribution in [0.3, 0.4) is 0 Å². The van der Waals surface area contributed by atoms with Crippen molar-refractivity contribution in [2.75, 3.05) is 18.8 Å². The number of anilines is 1. The molecule has 1 unspecified atom stereocenters. The number of carbonyl (C=O) groups is 1. The minimum absolute atomic E-state index is 0.111. The molecule has 1 aromatic heterocycles. The van der Waals surface area contributed by atoms with Gasteiger partial charge in [0.2, 0.25) is 0 Å². The second-order valence-electron chi connectivity index (χ2n) is 5.82. The maximum Gasteiger partial charge on any atom is 0.451 e. The number of carboxylic acid groups (broad SMARTS) is 1. The Labute approximate surface area is 140 Å². The molecule has 1 fully saturated rings. The van der Waals surface area contributed by atoms with Crippen molar-refractivity contribution in [3.63, 3.8) is 0 Å². The van der Waals surface area contributed by atoms with E-state index in [0.717, 1.165) is 0 Å². The topological polar surface area (TPSA) is 148 Å². The number of H-pyrrole nitrogens is 1. The minimum atomic E-state index is -1.37. The van der Waals surface area contributed by atoms with Crippen LogP contribution in [0.4, 0.5) is 5.82 Å². The highest BCUT2D eigenvalue weighted by molar-refractivity contribution is 6.40. The Morgan fingerprint density at radius 3 is 2.88 bits per heavy atom. The summed E-state index contributed by atoms with van der Waals surface area (Å²) in [5.41, 5.74) is 6.36. The third-order valence-electron chi connectivity index (χ3n) is 4.20. The molecule has 0 saturated carbocycles. The van der Waals surface area contributed by atoms with E-state index in [0.29, 0.717) is 37.5 Å². The number of amidine groups is 1. The van der Waals surface area contributed by atoms with Gasteiger partial charge in [-0.05, 0) is 18.7 Å². The van der Waals surface area contributed by atoms with Crippen LogP contribution in [0.2, 0.25) is 6.32 Å². The summed E-state index contributed by atoms with van der Waals surface area (Å²) in [6.07, 6.45) is 4.18. The number of carboxylic acids is 1. The number of aromatic nitrogens is 2. The molecule has 1 aromatic rings. The molecule has 9 nitrogen and oxygen atoms in total. The van der Waals surface area contributed by atoms with Crippen LogP contribution in [0.25, 0.3) is 0 Å². The zero-order chi connectivity index (χ0) is 17.7. The van der Waals surface area contributed by atoms with Gasteiger partial charge in [-0.25, -0.2) is 9.98 Å². The van der Waals surface area contributed by atoms with Gasteiger partial charge in [0.15, 0.2) is 11.7 Å². The fourth-order valence-electron chi connectivity index (χ4n) is 3.05. The van der Waals surface area contributed by atoms with Crippen LogP contribution in [0.15, 0.2) is 24.1 Å². The summed E-state index contributed by atoms with van der Waals surface area (Å²) in [4.78, 5) is 24.5. The molecule has 0 bridgehead atoms. The molecule has 2 atom stereocenters. The van der Waals surface area contributed by atoms with Gasteiger partial charge < -0.3 is 30.8 Å². The van der Waals surface area contributed by atoms with E-state index in [4.69, 9.17) is 15.8 Å². The molecule has 0 aliphatic carbocycles. The number of nitrogen functional groups attached to an aromatic ring is 1. The Morgan fingerprint density at radius 2 is 2.33 bits per heavy atom. The largest absolute Gasteiger partial charge is 0.481 e. The fourth-order valence-corrected chi connectivity index (χ4v) is 3.05. The monoisotopic (exact) mass is 335 g/mol. The van der Waals surface area contributed by atoms with Crippen LogP contribution in [0, 0.1) is 11.8 Å². The van der Waals surface area contributed by atoms with Crippen molar-refractivity contribution in [1.29, 1.82) is 0 Å². The summed E-state index contributed by atoms with van der Waals surface area (Å²) in [6, 6.07) is 0. The number of nitrogens with zero attached hydrogens (tertiary/aromatic N) is 3. The van der Waals surface area contributed by atoms with E-state index in [9.17, 15) is 9.90 Å². The van der Waals surface area contributed by atoms with Crippen LogP contribution in [-0.2, 0) is 4.79 Å². The number of likely N-dealkylation sites (tertiary alicyclic amines) is 1. The van der Waals surface area contributed by atoms with E-state index in [-0.39, 0.29) is 18.1 Å². The number of aliphatic imine (C=N–C) groups is 1. The van der Waals surface area contributed by atoms with Crippen molar-refractivity contribution in [2.24, 2.45) is 16.8 Å². The highest BCUT2D eigenvalue weighted by Crippen LogP contribution is 2.30. The number of hydrogen-bond donors (Lipinski definition) is 5. The van der Waals surface area contributed by atoms with Gasteiger partial charge >= 0.3 is 13.1 Å². The summed E-state index contributed by atoms with van der Waals surface area (Å²) >= 11 is 0. The van der Waals surface area contributed by atoms with Crippen LogP contribution in [-0.4, -0.2) is 62.0 Å². The first kappa shape index (κ1) is 18.0. The molecule has 1 aliphatic heterocycles. The van der Waals surface area contributed by atoms with Gasteiger partial charge in [-0.2, -0.15) is 0 Å². The van der Waals surface area contributed by atoms with Crippen molar-refractivity contribution in [2.45, 2.75) is 19.2 Å². The highest BCUT2D eigenvalue weighted by atomic mass is 16.4. The first-order valence-electron chi connectivity index (χ1n) is 7.75. The van der Waals surface area contributed by atoms with Gasteiger partial charge in [-0.1, -0.05) is 13.0 Å². The first-order chi connectivity index (χ1) is 11.4. The van der Waals surface area contributed by atoms with Crippen molar-refractivity contribution >= 4 is 24.7 Å². The van der Waals surface area contributed by atoms with Gasteiger partial charge in [-0.15, -0.1) is 0 Å². The average molecular weight is 335 g/mol. The van der Waals surface area contributed by atoms with Crippen LogP contribution < -0.4 is 5.73 Å². The van der Waals surface area contributed by atoms with Crippen LogP contribution in [0.1, 0.15) is 18.5 Å². The van der Waals surface area contributed by atoms with Crippen molar-refractivity contribution in [3.05, 3.63) is 24.8 Å². The molecule has 1 aliphatic rings. The quantitative estimate of drug-likeness (QED) is 0.262. The summed E-state index contributed by atoms with van der Waals surface area (Å²) in [5, 5.41) is 27.4. The maximum atomic E-state index is 11.6. The minimum Gasteiger partial charge on any atom is -0.481 e. The average Bonchev–Trinajstić information content (AvgIpc) is 3.11. The molecule has 0 spiro atoms. The van der Waals surface area contributed by atoms with E-state index in [1.54, 1.807) is 0 Å². The molecule has 0 amide bonds. The van der Waals surface area contributed by atoms with Crippen molar-refractivity contribution in [3.8, 4) is 0 Å². The molecule has 2 heterocycles. The molecular weight excluding hydrogens is 313 g/mol. The van der Waals surface area contributed by atoms with E-state index < -0.39 is 19.0 Å². The second-order valence-corrected chi connectivity index (χ2v) is 5.82. The standard InChI is InChI=1S/C14H22BN5O4/c1-2-17-13(11-12(16)19-8-18-11)20-6-9(4-3-5-15(23)24)10(7-20)14(21)22/h2,8-10,23-24H,1,3-7,16H2,(H,18,19)(H,21,22)/t9-,10?/m0/s1. The van der Waals surface area contributed by atoms with E-state index in [2.05, 4.69) is 21.5 Å². The Hall–Kier alpha value is -2.33. The summed E-state index contributed by atoms with van der Waals surface area (Å²) in [5.74, 6) is -0.742. The SMILES string of the molecule is C=CN=C(c1[nH]cnc1N)N1CC(C(=O)O)[C@@H](CCCB(O)O)C1. The van der Waals surface area contributed by atoms with Crippen LogP contribution >= 0.6 is 0 Å². The van der Waals surface area contributed by atoms with E-state index in [1.165, 1.54) is 12.5 Å². The predicted octanol–water partition coefficient (Wildman–Crippen LogP) is -0.232. The number of aromatic amines is 1. The Morgan fingerprint density at radius 1 is 1.58 bits per heavy atom. The number of hydrogen-bond acceptors (Lipinski definition) is 6. The molecule has 2 rings (SSSR count). The summed E-state index contributed by atoms with van der Waals surface area (Å²) in [7, 11) is -1.37. The van der Waals surface area contributed by atoms with E-state index >= 15 is 0 Å². The number of rotatable bonds is 7. The molecule has 24 heavy (non-hydrogen) atoms. The third-order valence-corrected chi connectivity index (χ3v) is 4.20. The molecule has 1 saturated heterocycles. The normalized spacial score (nSPS) is 21.1. The Kier molecular flexibility index (Phi) is 5.99. The zero-order valence-corrected chi connectivity index (χ0v) is 13.3. The number of imidazole rings is 1. The summed E-state index contributed by atoms with van der Waals surface area (Å²) < 4.78 is 0. The third kappa shape index (κ3) is 4.15. The molecule has 6 N–H and O–H groups in total. The molecular formula is C14H22BN5O4. The van der Waals surface area contributed by atoms with Gasteiger partial charge in [0, 0.05) is 19.3 Å². The van der Waals surface area contributed by atoms with Crippen molar-refractivity contribution in [1.82, 2.24) is 14.9 Å². The van der Waals surface area contributed by atoms with Gasteiger partial charge in [-0.3, -0.25) is 4.79 Å². The maximum absolute atomic E-state index is 11.6. The molecule has 10 heteroatoms. The van der Waals surface area contributed by atoms with E-state index in [1.807, 2.05) is 4.90 Å². The Balaban J connectivity index is 2.15. The predicted molar refractivity (Wildman–Crippen MR) is 90.2 cm³/mol.